The first-order valence-electron chi connectivity index (χ1n) is 9.86. The van der Waals surface area contributed by atoms with Gasteiger partial charge in [0.05, 0.1) is 5.69 Å². The smallest absolute Gasteiger partial charge is 0.276 e. The molecule has 1 aliphatic rings. The highest BCUT2D eigenvalue weighted by atomic mass is 16.5. The Labute approximate surface area is 178 Å². The number of anilines is 1. The average molecular weight is 419 g/mol. The van der Waals surface area contributed by atoms with Gasteiger partial charge in [-0.1, -0.05) is 18.2 Å². The van der Waals surface area contributed by atoms with Crippen LogP contribution in [0.5, 0.6) is 5.75 Å². The molecule has 0 spiro atoms. The number of aromatic nitrogens is 3. The van der Waals surface area contributed by atoms with Gasteiger partial charge in [0, 0.05) is 24.5 Å². The summed E-state index contributed by atoms with van der Waals surface area (Å²) in [6, 6.07) is 12.9. The van der Waals surface area contributed by atoms with Crippen LogP contribution in [0, 0.1) is 6.92 Å². The van der Waals surface area contributed by atoms with Crippen LogP contribution in [0.4, 0.5) is 5.82 Å². The molecule has 1 atom stereocenters. The summed E-state index contributed by atoms with van der Waals surface area (Å²) in [6.45, 7) is 3.80. The second-order valence-corrected chi connectivity index (χ2v) is 6.99. The van der Waals surface area contributed by atoms with Gasteiger partial charge in [-0.3, -0.25) is 19.3 Å². The predicted octanol–water partition coefficient (Wildman–Crippen LogP) is 1.48. The summed E-state index contributed by atoms with van der Waals surface area (Å²) in [7, 11) is 0. The molecule has 0 saturated carbocycles. The Hall–Kier alpha value is -4.01. The highest BCUT2D eigenvalue weighted by Crippen LogP contribution is 2.28. The number of likely N-dealkylation sites (N-methyl/N-ethyl adjacent to an activating group) is 1. The Bertz CT molecular complexity index is 1190. The number of aryl methyl sites for hydroxylation is 1. The summed E-state index contributed by atoms with van der Waals surface area (Å²) in [5.74, 6) is -0.267. The van der Waals surface area contributed by atoms with Gasteiger partial charge >= 0.3 is 0 Å². The van der Waals surface area contributed by atoms with Crippen molar-refractivity contribution < 1.29 is 14.3 Å². The molecule has 1 N–H and O–H groups in total. The molecule has 2 aromatic heterocycles. The second-order valence-electron chi connectivity index (χ2n) is 6.99. The van der Waals surface area contributed by atoms with E-state index in [1.54, 1.807) is 32.2 Å². The van der Waals surface area contributed by atoms with Crippen molar-refractivity contribution in [3.8, 4) is 11.4 Å². The molecular weight excluding hydrogens is 398 g/mol. The number of nitrogens with zero attached hydrogens (tertiary/aromatic N) is 4. The van der Waals surface area contributed by atoms with Gasteiger partial charge in [0.25, 0.3) is 11.8 Å². The number of hydrogen-bond donors (Lipinski definition) is 1. The molecule has 1 aromatic carbocycles. The van der Waals surface area contributed by atoms with Gasteiger partial charge in [-0.15, -0.1) is 0 Å². The predicted molar refractivity (Wildman–Crippen MR) is 114 cm³/mol. The number of hydrogen-bond acceptors (Lipinski definition) is 6. The van der Waals surface area contributed by atoms with Crippen molar-refractivity contribution in [2.75, 3.05) is 18.1 Å². The molecular formula is C22H21N5O4. The van der Waals surface area contributed by atoms with Gasteiger partial charge < -0.3 is 10.1 Å². The third kappa shape index (κ3) is 3.89. The lowest BCUT2D eigenvalue weighted by Crippen LogP contribution is -2.51. The van der Waals surface area contributed by atoms with Crippen LogP contribution in [0.15, 0.2) is 59.5 Å². The molecule has 0 aliphatic carbocycles. The summed E-state index contributed by atoms with van der Waals surface area (Å²) in [6.07, 6.45) is 1.57. The van der Waals surface area contributed by atoms with E-state index in [0.717, 1.165) is 0 Å². The zero-order chi connectivity index (χ0) is 22.0. The number of pyridine rings is 1. The van der Waals surface area contributed by atoms with Gasteiger partial charge in [-0.05, 0) is 38.1 Å². The van der Waals surface area contributed by atoms with Crippen molar-refractivity contribution in [2.45, 2.75) is 19.9 Å². The number of fused-ring (bicyclic) bond motifs is 1. The highest BCUT2D eigenvalue weighted by Gasteiger charge is 2.33. The number of ether oxygens (including phenoxy) is 1. The molecule has 0 unspecified atom stereocenters. The summed E-state index contributed by atoms with van der Waals surface area (Å²) in [5, 5.41) is 6.85. The molecule has 2 amide bonds. The highest BCUT2D eigenvalue weighted by molar-refractivity contribution is 6.02. The lowest BCUT2D eigenvalue weighted by atomic mass is 10.2. The maximum absolute atomic E-state index is 13.0. The van der Waals surface area contributed by atoms with E-state index in [9.17, 15) is 14.4 Å². The minimum Gasteiger partial charge on any atom is -0.487 e. The largest absolute Gasteiger partial charge is 0.487 e. The Morgan fingerprint density at radius 2 is 1.97 bits per heavy atom. The van der Waals surface area contributed by atoms with E-state index in [-0.39, 0.29) is 18.2 Å². The van der Waals surface area contributed by atoms with Crippen LogP contribution in [0.3, 0.4) is 0 Å². The fourth-order valence-electron chi connectivity index (χ4n) is 3.41. The monoisotopic (exact) mass is 419 g/mol. The third-order valence-corrected chi connectivity index (χ3v) is 4.92. The van der Waals surface area contributed by atoms with E-state index in [2.05, 4.69) is 15.4 Å². The fraction of sp³-hybridized carbons (Fsp3) is 0.227. The minimum atomic E-state index is -0.991. The molecule has 0 fully saturated rings. The lowest BCUT2D eigenvalue weighted by Gasteiger charge is -2.22. The van der Waals surface area contributed by atoms with E-state index < -0.39 is 17.4 Å². The number of amides is 2. The Balaban J connectivity index is 1.63. The van der Waals surface area contributed by atoms with E-state index in [4.69, 9.17) is 4.74 Å². The number of nitrogens with one attached hydrogen (secondary N) is 1. The zero-order valence-electron chi connectivity index (χ0n) is 17.1. The first-order valence-corrected chi connectivity index (χ1v) is 9.86. The number of carbonyl (C=O) groups is 2. The van der Waals surface area contributed by atoms with Crippen LogP contribution in [0.1, 0.15) is 23.1 Å². The molecule has 9 nitrogen and oxygen atoms in total. The summed E-state index contributed by atoms with van der Waals surface area (Å²) < 4.78 is 7.21. The van der Waals surface area contributed by atoms with E-state index in [1.807, 2.05) is 30.3 Å². The van der Waals surface area contributed by atoms with Crippen molar-refractivity contribution in [1.82, 2.24) is 20.1 Å². The molecule has 31 heavy (non-hydrogen) atoms. The molecule has 3 aromatic rings. The molecule has 158 valence electrons. The minimum absolute atomic E-state index is 0.0848. The Morgan fingerprint density at radius 3 is 2.71 bits per heavy atom. The van der Waals surface area contributed by atoms with Crippen LogP contribution in [0.2, 0.25) is 0 Å². The van der Waals surface area contributed by atoms with Gasteiger partial charge in [0.15, 0.2) is 17.3 Å². The Morgan fingerprint density at radius 1 is 1.19 bits per heavy atom. The molecule has 9 heteroatoms. The van der Waals surface area contributed by atoms with Crippen LogP contribution in [-0.4, -0.2) is 45.8 Å². The van der Waals surface area contributed by atoms with Gasteiger partial charge in [0.2, 0.25) is 5.43 Å². The quantitative estimate of drug-likeness (QED) is 0.687. The maximum atomic E-state index is 13.0. The van der Waals surface area contributed by atoms with Crippen molar-refractivity contribution >= 4 is 17.6 Å². The van der Waals surface area contributed by atoms with Crippen LogP contribution in [-0.2, 0) is 4.79 Å². The third-order valence-electron chi connectivity index (χ3n) is 4.92. The van der Waals surface area contributed by atoms with Crippen molar-refractivity contribution in [3.63, 3.8) is 0 Å². The molecule has 0 saturated heterocycles. The Kier molecular flexibility index (Phi) is 5.48. The maximum Gasteiger partial charge on any atom is 0.276 e. The van der Waals surface area contributed by atoms with Crippen molar-refractivity contribution in [3.05, 3.63) is 76.3 Å². The molecule has 1 aliphatic heterocycles. The SMILES string of the molecule is CCN1C(=O)[C@@H](NC(=O)c2nn(-c3ccccc3)c(C)cc2=O)COc2cccnc21. The van der Waals surface area contributed by atoms with Gasteiger partial charge in [0.1, 0.15) is 12.6 Å². The lowest BCUT2D eigenvalue weighted by molar-refractivity contribution is -0.120. The molecule has 4 rings (SSSR count). The summed E-state index contributed by atoms with van der Waals surface area (Å²) >= 11 is 0. The number of rotatable bonds is 4. The number of para-hydroxylation sites is 1. The standard InChI is InChI=1S/C22H21N5O4/c1-3-26-20-18(10-7-11-23-20)31-13-16(22(26)30)24-21(29)19-17(28)12-14(2)27(25-19)15-8-5-4-6-9-15/h4-12,16H,3,13H2,1-2H3,(H,24,29)/t16-/m0/s1. The molecule has 0 bridgehead atoms. The normalized spacial score (nSPS) is 15.6. The number of carbonyl (C=O) groups excluding carboxylic acids is 2. The number of benzene rings is 1. The zero-order valence-corrected chi connectivity index (χ0v) is 17.1. The van der Waals surface area contributed by atoms with Gasteiger partial charge in [-0.25, -0.2) is 9.67 Å². The van der Waals surface area contributed by atoms with Crippen LogP contribution in [0.25, 0.3) is 5.69 Å². The van der Waals surface area contributed by atoms with Crippen LogP contribution >= 0.6 is 0 Å². The van der Waals surface area contributed by atoms with Crippen LogP contribution < -0.4 is 20.4 Å². The summed E-state index contributed by atoms with van der Waals surface area (Å²) in [4.78, 5) is 44.1. The topological polar surface area (TPSA) is 106 Å². The summed E-state index contributed by atoms with van der Waals surface area (Å²) in [5.41, 5.74) is 0.466. The fourth-order valence-corrected chi connectivity index (χ4v) is 3.41. The van der Waals surface area contributed by atoms with Gasteiger partial charge in [-0.2, -0.15) is 5.10 Å². The first-order chi connectivity index (χ1) is 15.0. The average Bonchev–Trinajstić information content (AvgIpc) is 2.90. The van der Waals surface area contributed by atoms with E-state index >= 15 is 0 Å². The van der Waals surface area contributed by atoms with E-state index in [0.29, 0.717) is 29.5 Å². The van der Waals surface area contributed by atoms with Crippen molar-refractivity contribution in [1.29, 1.82) is 0 Å². The molecule has 3 heterocycles. The first kappa shape index (κ1) is 20.3. The van der Waals surface area contributed by atoms with Crippen molar-refractivity contribution in [2.24, 2.45) is 0 Å². The molecule has 0 radical (unpaired) electrons. The van der Waals surface area contributed by atoms with E-state index in [1.165, 1.54) is 15.6 Å². The second kappa shape index (κ2) is 8.39.